The van der Waals surface area contributed by atoms with Gasteiger partial charge < -0.3 is 9.67 Å². The highest BCUT2D eigenvalue weighted by atomic mass is 19.2. The zero-order valence-electron chi connectivity index (χ0n) is 17.6. The van der Waals surface area contributed by atoms with Gasteiger partial charge in [-0.2, -0.15) is 5.10 Å². The summed E-state index contributed by atoms with van der Waals surface area (Å²) in [6, 6.07) is 5.43. The number of carbonyl (C=O) groups is 1. The number of fused-ring (bicyclic) bond motifs is 2. The van der Waals surface area contributed by atoms with Crippen LogP contribution < -0.4 is 0 Å². The number of nitrogens with one attached hydrogen (secondary N) is 1. The van der Waals surface area contributed by atoms with Crippen molar-refractivity contribution in [2.45, 2.75) is 44.9 Å². The number of hydrogen-bond acceptors (Lipinski definition) is 2. The predicted octanol–water partition coefficient (Wildman–Crippen LogP) is 6.02. The molecule has 0 bridgehead atoms. The minimum Gasteiger partial charge on any atom is -0.481 e. The van der Waals surface area contributed by atoms with Gasteiger partial charge in [-0.05, 0) is 54.9 Å². The molecule has 5 nitrogen and oxygen atoms in total. The Hall–Kier alpha value is -3.29. The molecule has 2 heterocycles. The summed E-state index contributed by atoms with van der Waals surface area (Å²) in [6.45, 7) is 3.92. The molecule has 2 N–H and O–H groups in total. The van der Waals surface area contributed by atoms with E-state index in [1.807, 2.05) is 13.8 Å². The minimum absolute atomic E-state index is 0.0785. The van der Waals surface area contributed by atoms with Gasteiger partial charge in [-0.1, -0.05) is 13.8 Å². The molecule has 8 heteroatoms. The Balaban J connectivity index is 1.88. The molecule has 5 rings (SSSR count). The Labute approximate surface area is 181 Å². The van der Waals surface area contributed by atoms with E-state index >= 15 is 4.39 Å². The summed E-state index contributed by atoms with van der Waals surface area (Å²) in [5.74, 6) is -3.98. The monoisotopic (exact) mass is 441 g/mol. The minimum atomic E-state index is -0.989. The van der Waals surface area contributed by atoms with Gasteiger partial charge in [0.2, 0.25) is 0 Å². The number of rotatable bonds is 4. The Bertz CT molecular complexity index is 1370. The fraction of sp³-hybridized carbons (Fsp3) is 0.333. The highest BCUT2D eigenvalue weighted by Gasteiger charge is 2.36. The Morgan fingerprint density at radius 3 is 2.62 bits per heavy atom. The molecule has 2 aromatic heterocycles. The number of hydrogen-bond donors (Lipinski definition) is 2. The molecule has 0 saturated heterocycles. The van der Waals surface area contributed by atoms with E-state index in [2.05, 4.69) is 10.2 Å². The van der Waals surface area contributed by atoms with Crippen LogP contribution in [0.15, 0.2) is 30.5 Å². The summed E-state index contributed by atoms with van der Waals surface area (Å²) < 4.78 is 45.5. The van der Waals surface area contributed by atoms with Crippen LogP contribution in [-0.2, 0) is 4.79 Å². The van der Waals surface area contributed by atoms with Crippen LogP contribution >= 0.6 is 0 Å². The average Bonchev–Trinajstić information content (AvgIpc) is 3.46. The molecule has 2 aromatic carbocycles. The van der Waals surface area contributed by atoms with Crippen molar-refractivity contribution in [2.75, 3.05) is 0 Å². The average molecular weight is 441 g/mol. The summed E-state index contributed by atoms with van der Waals surface area (Å²) in [7, 11) is 0. The number of aliphatic carboxylic acids is 1. The Morgan fingerprint density at radius 2 is 1.97 bits per heavy atom. The molecule has 1 aliphatic carbocycles. The maximum absolute atomic E-state index is 15.8. The lowest BCUT2D eigenvalue weighted by atomic mass is 9.89. The van der Waals surface area contributed by atoms with Crippen molar-refractivity contribution in [3.05, 3.63) is 59.2 Å². The second kappa shape index (κ2) is 7.39. The molecule has 32 heavy (non-hydrogen) atoms. The molecule has 0 unspecified atom stereocenters. The van der Waals surface area contributed by atoms with E-state index in [9.17, 15) is 18.7 Å². The number of H-pyrrole nitrogens is 1. The number of halogens is 3. The third-order valence-electron chi connectivity index (χ3n) is 6.58. The van der Waals surface area contributed by atoms with Crippen molar-refractivity contribution >= 4 is 27.8 Å². The molecule has 2 atom stereocenters. The highest BCUT2D eigenvalue weighted by molar-refractivity contribution is 6.00. The third kappa shape index (κ3) is 3.00. The van der Waals surface area contributed by atoms with Crippen molar-refractivity contribution in [3.63, 3.8) is 0 Å². The van der Waals surface area contributed by atoms with E-state index in [0.717, 1.165) is 23.4 Å². The van der Waals surface area contributed by atoms with E-state index in [0.29, 0.717) is 41.2 Å². The molecule has 0 spiro atoms. The smallest absolute Gasteiger partial charge is 0.306 e. The van der Waals surface area contributed by atoms with E-state index in [4.69, 9.17) is 0 Å². The van der Waals surface area contributed by atoms with Crippen LogP contribution in [-0.4, -0.2) is 25.8 Å². The number of carboxylic acid groups (broad SMARTS) is 1. The van der Waals surface area contributed by atoms with Gasteiger partial charge in [0.25, 0.3) is 0 Å². The summed E-state index contributed by atoms with van der Waals surface area (Å²) >= 11 is 0. The van der Waals surface area contributed by atoms with Gasteiger partial charge in [0.1, 0.15) is 5.52 Å². The molecule has 1 fully saturated rings. The molecule has 0 radical (unpaired) electrons. The Morgan fingerprint density at radius 1 is 1.19 bits per heavy atom. The second-order valence-corrected chi connectivity index (χ2v) is 8.85. The van der Waals surface area contributed by atoms with Crippen molar-refractivity contribution in [2.24, 2.45) is 5.92 Å². The lowest BCUT2D eigenvalue weighted by Crippen LogP contribution is -2.10. The lowest BCUT2D eigenvalue weighted by Gasteiger charge is -2.18. The number of benzene rings is 2. The standard InChI is InChI=1S/C24H22F3N3O2/c1-11(2)23-19(12-3-4-13(7-12)24(31)32)20-18(8-14-10-28-29-22(14)21(20)27)30(23)15-5-6-16(25)17(26)9-15/h5-6,8-13H,3-4,7H2,1-2H3,(H,28,29)(H,31,32)/t12-,13-/m1/s1. The summed E-state index contributed by atoms with van der Waals surface area (Å²) in [5.41, 5.74) is 2.71. The molecule has 0 amide bonds. The summed E-state index contributed by atoms with van der Waals surface area (Å²) in [5, 5.41) is 17.1. The van der Waals surface area contributed by atoms with E-state index in [-0.39, 0.29) is 17.4 Å². The van der Waals surface area contributed by atoms with Gasteiger partial charge in [0, 0.05) is 28.2 Å². The second-order valence-electron chi connectivity index (χ2n) is 8.85. The van der Waals surface area contributed by atoms with Gasteiger partial charge >= 0.3 is 5.97 Å². The molecule has 1 aliphatic rings. The topological polar surface area (TPSA) is 70.9 Å². The summed E-state index contributed by atoms with van der Waals surface area (Å²) in [6.07, 6.45) is 3.06. The van der Waals surface area contributed by atoms with Gasteiger partial charge in [0.15, 0.2) is 17.5 Å². The maximum Gasteiger partial charge on any atom is 0.306 e. The number of carboxylic acids is 1. The quantitative estimate of drug-likeness (QED) is 0.407. The van der Waals surface area contributed by atoms with Crippen molar-refractivity contribution in [1.82, 2.24) is 14.8 Å². The van der Waals surface area contributed by atoms with Crippen LogP contribution in [0.5, 0.6) is 0 Å². The van der Waals surface area contributed by atoms with Gasteiger partial charge in [-0.3, -0.25) is 9.89 Å². The van der Waals surface area contributed by atoms with Crippen LogP contribution in [0, 0.1) is 23.4 Å². The molecular weight excluding hydrogens is 419 g/mol. The van der Waals surface area contributed by atoms with Crippen LogP contribution in [0.1, 0.15) is 56.2 Å². The third-order valence-corrected chi connectivity index (χ3v) is 6.58. The van der Waals surface area contributed by atoms with E-state index in [1.54, 1.807) is 10.6 Å². The van der Waals surface area contributed by atoms with Crippen molar-refractivity contribution in [1.29, 1.82) is 0 Å². The van der Waals surface area contributed by atoms with Crippen LogP contribution in [0.25, 0.3) is 27.5 Å². The number of aromatic nitrogens is 3. The number of nitrogens with zero attached hydrogens (tertiary/aromatic N) is 2. The van der Waals surface area contributed by atoms with E-state index < -0.39 is 29.3 Å². The SMILES string of the molecule is CC(C)c1c([C@@H]2CC[C@@H](C(=O)O)C2)c2c(F)c3[nH]ncc3cc2n1-c1ccc(F)c(F)c1. The van der Waals surface area contributed by atoms with E-state index in [1.165, 1.54) is 12.3 Å². The van der Waals surface area contributed by atoms with Crippen LogP contribution in [0.4, 0.5) is 13.2 Å². The number of aromatic amines is 1. The molecule has 4 aromatic rings. The van der Waals surface area contributed by atoms with Gasteiger partial charge in [0.05, 0.1) is 17.6 Å². The largest absolute Gasteiger partial charge is 0.481 e. The molecular formula is C24H22F3N3O2. The first-order chi connectivity index (χ1) is 15.3. The maximum atomic E-state index is 15.8. The normalized spacial score (nSPS) is 18.9. The fourth-order valence-electron chi connectivity index (χ4n) is 5.20. The van der Waals surface area contributed by atoms with Gasteiger partial charge in [-0.25, -0.2) is 13.2 Å². The van der Waals surface area contributed by atoms with Crippen molar-refractivity contribution in [3.8, 4) is 5.69 Å². The Kier molecular flexibility index (Phi) is 4.76. The van der Waals surface area contributed by atoms with Crippen molar-refractivity contribution < 1.29 is 23.1 Å². The fourth-order valence-corrected chi connectivity index (χ4v) is 5.20. The van der Waals surface area contributed by atoms with Crippen LogP contribution in [0.2, 0.25) is 0 Å². The summed E-state index contributed by atoms with van der Waals surface area (Å²) in [4.78, 5) is 11.6. The molecule has 1 saturated carbocycles. The zero-order valence-corrected chi connectivity index (χ0v) is 17.6. The zero-order chi connectivity index (χ0) is 22.7. The van der Waals surface area contributed by atoms with Gasteiger partial charge in [-0.15, -0.1) is 0 Å². The molecule has 0 aliphatic heterocycles. The lowest BCUT2D eigenvalue weighted by molar-refractivity contribution is -0.141. The predicted molar refractivity (Wildman–Crippen MR) is 115 cm³/mol. The molecule has 166 valence electrons. The van der Waals surface area contributed by atoms with Crippen LogP contribution in [0.3, 0.4) is 0 Å². The first-order valence-corrected chi connectivity index (χ1v) is 10.7. The first-order valence-electron chi connectivity index (χ1n) is 10.7. The highest BCUT2D eigenvalue weighted by Crippen LogP contribution is 2.48. The first kappa shape index (κ1) is 20.6.